The number of halogens is 3. The Hall–Kier alpha value is -4.30. The highest BCUT2D eigenvalue weighted by atomic mass is 35.5. The topological polar surface area (TPSA) is 108 Å². The van der Waals surface area contributed by atoms with Crippen LogP contribution in [-0.2, 0) is 0 Å². The van der Waals surface area contributed by atoms with Crippen molar-refractivity contribution in [3.8, 4) is 6.07 Å². The summed E-state index contributed by atoms with van der Waals surface area (Å²) in [6, 6.07) is 14.1. The van der Waals surface area contributed by atoms with E-state index in [1.54, 1.807) is 24.4 Å². The molecule has 0 saturated carbocycles. The molecule has 3 aromatic heterocycles. The van der Waals surface area contributed by atoms with E-state index in [0.717, 1.165) is 42.9 Å². The first-order valence-corrected chi connectivity index (χ1v) is 15.9. The summed E-state index contributed by atoms with van der Waals surface area (Å²) in [5.74, 6) is -0.627. The minimum atomic E-state index is -0.627. The van der Waals surface area contributed by atoms with Gasteiger partial charge in [0.05, 0.1) is 50.8 Å². The number of aromatic nitrogens is 5. The molecule has 46 heavy (non-hydrogen) atoms. The van der Waals surface area contributed by atoms with Crippen LogP contribution in [0.2, 0.25) is 10.0 Å². The van der Waals surface area contributed by atoms with Gasteiger partial charge in [0.1, 0.15) is 11.8 Å². The molecule has 6 rings (SSSR count). The number of anilines is 3. The maximum absolute atomic E-state index is 14.9. The zero-order valence-electron chi connectivity index (χ0n) is 26.0. The van der Waals surface area contributed by atoms with E-state index in [0.29, 0.717) is 27.3 Å². The fourth-order valence-corrected chi connectivity index (χ4v) is 6.42. The van der Waals surface area contributed by atoms with Crippen LogP contribution in [0.15, 0.2) is 61.1 Å². The molecule has 2 aromatic carbocycles. The van der Waals surface area contributed by atoms with E-state index in [2.05, 4.69) is 62.7 Å². The van der Waals surface area contributed by atoms with Crippen molar-refractivity contribution in [1.82, 2.24) is 29.9 Å². The van der Waals surface area contributed by atoms with Crippen LogP contribution in [0.1, 0.15) is 68.2 Å². The monoisotopic (exact) mass is 657 g/mol. The number of nitrogens with zero attached hydrogens (tertiary/aromatic N) is 7. The summed E-state index contributed by atoms with van der Waals surface area (Å²) in [7, 11) is 0. The van der Waals surface area contributed by atoms with E-state index in [9.17, 15) is 9.65 Å². The minimum absolute atomic E-state index is 0.0373. The summed E-state index contributed by atoms with van der Waals surface area (Å²) in [5, 5.41) is 26.6. The molecule has 236 valence electrons. The van der Waals surface area contributed by atoms with E-state index < -0.39 is 11.9 Å². The van der Waals surface area contributed by atoms with Crippen LogP contribution >= 0.6 is 23.2 Å². The Kier molecular flexibility index (Phi) is 8.84. The summed E-state index contributed by atoms with van der Waals surface area (Å²) in [4.78, 5) is 11.5. The van der Waals surface area contributed by atoms with Gasteiger partial charge in [-0.05, 0) is 70.9 Å². The average molecular weight is 659 g/mol. The Bertz CT molecular complexity index is 1940. The third kappa shape index (κ3) is 6.36. The standard InChI is InChI=1S/C34H34Cl2FN9/c1-20-24(7-6-12-39-20)33(29-19-46(44-43-29)23-10-13-45(14-11-23)34(2,3)4)41-22-15-25-31(42-28-9-5-8-26(35)30(28)37)21(17-38)18-40-32(25)27(36)16-22/h5-9,12,15-16,18-19,23,33,41H,10-11,13-14H2,1-4H3,(H,40,42). The normalized spacial score (nSPS) is 15.1. The molecule has 4 heterocycles. The van der Waals surface area contributed by atoms with Crippen molar-refractivity contribution in [1.29, 1.82) is 5.26 Å². The van der Waals surface area contributed by atoms with E-state index in [1.165, 1.54) is 12.3 Å². The Morgan fingerprint density at radius 1 is 1.07 bits per heavy atom. The molecule has 0 radical (unpaired) electrons. The maximum atomic E-state index is 14.9. The fourth-order valence-electron chi connectivity index (χ4n) is 5.98. The molecule has 1 fully saturated rings. The molecule has 1 saturated heterocycles. The number of aryl methyl sites for hydroxylation is 1. The van der Waals surface area contributed by atoms with Gasteiger partial charge >= 0.3 is 0 Å². The minimum Gasteiger partial charge on any atom is -0.373 e. The molecular formula is C34H34Cl2FN9. The van der Waals surface area contributed by atoms with Gasteiger partial charge in [-0.1, -0.05) is 40.5 Å². The average Bonchev–Trinajstić information content (AvgIpc) is 3.53. The number of hydrogen-bond donors (Lipinski definition) is 2. The molecule has 2 N–H and O–H groups in total. The van der Waals surface area contributed by atoms with Gasteiger partial charge in [0.25, 0.3) is 0 Å². The number of nitrogens with one attached hydrogen (secondary N) is 2. The molecule has 1 aliphatic rings. The lowest BCUT2D eigenvalue weighted by atomic mass is 9.98. The van der Waals surface area contributed by atoms with Crippen LogP contribution in [0, 0.1) is 24.1 Å². The smallest absolute Gasteiger partial charge is 0.165 e. The van der Waals surface area contributed by atoms with Crippen molar-refractivity contribution >= 4 is 51.2 Å². The lowest BCUT2D eigenvalue weighted by Gasteiger charge is -2.40. The van der Waals surface area contributed by atoms with Crippen molar-refractivity contribution < 1.29 is 4.39 Å². The van der Waals surface area contributed by atoms with E-state index in [4.69, 9.17) is 23.2 Å². The van der Waals surface area contributed by atoms with Crippen LogP contribution in [0.25, 0.3) is 10.9 Å². The van der Waals surface area contributed by atoms with Crippen molar-refractivity contribution in [2.24, 2.45) is 0 Å². The Morgan fingerprint density at radius 3 is 2.57 bits per heavy atom. The summed E-state index contributed by atoms with van der Waals surface area (Å²) >= 11 is 12.8. The van der Waals surface area contributed by atoms with E-state index >= 15 is 0 Å². The molecule has 0 aliphatic carbocycles. The van der Waals surface area contributed by atoms with Gasteiger partial charge in [0.2, 0.25) is 0 Å². The predicted molar refractivity (Wildman–Crippen MR) is 180 cm³/mol. The largest absolute Gasteiger partial charge is 0.373 e. The third-order valence-corrected chi connectivity index (χ3v) is 9.12. The number of fused-ring (bicyclic) bond motifs is 1. The number of rotatable bonds is 7. The van der Waals surface area contributed by atoms with Gasteiger partial charge in [-0.3, -0.25) is 14.9 Å². The highest BCUT2D eigenvalue weighted by Gasteiger charge is 2.29. The Labute approximate surface area is 277 Å². The second-order valence-electron chi connectivity index (χ2n) is 12.5. The lowest BCUT2D eigenvalue weighted by Crippen LogP contribution is -2.46. The predicted octanol–water partition coefficient (Wildman–Crippen LogP) is 8.23. The molecule has 0 spiro atoms. The SMILES string of the molecule is Cc1ncccc1C(Nc1cc(Cl)c2ncc(C#N)c(Nc3cccc(Cl)c3F)c2c1)c1cn(C2CCN(C(C)(C)C)CC2)nn1. The number of nitriles is 1. The molecule has 0 bridgehead atoms. The first kappa shape index (κ1) is 31.7. The Balaban J connectivity index is 1.38. The number of hydrogen-bond acceptors (Lipinski definition) is 8. The highest BCUT2D eigenvalue weighted by molar-refractivity contribution is 6.36. The highest BCUT2D eigenvalue weighted by Crippen LogP contribution is 2.38. The first-order valence-electron chi connectivity index (χ1n) is 15.1. The van der Waals surface area contributed by atoms with Gasteiger partial charge in [0, 0.05) is 53.4 Å². The van der Waals surface area contributed by atoms with Crippen molar-refractivity contribution in [3.05, 3.63) is 99.4 Å². The zero-order valence-corrected chi connectivity index (χ0v) is 27.5. The van der Waals surface area contributed by atoms with Crippen LogP contribution in [0.4, 0.5) is 21.5 Å². The lowest BCUT2D eigenvalue weighted by molar-refractivity contribution is 0.0866. The van der Waals surface area contributed by atoms with E-state index in [-0.39, 0.29) is 27.9 Å². The van der Waals surface area contributed by atoms with Gasteiger partial charge in [-0.15, -0.1) is 5.10 Å². The van der Waals surface area contributed by atoms with Crippen LogP contribution in [0.5, 0.6) is 0 Å². The molecule has 1 aliphatic heterocycles. The Morgan fingerprint density at radius 2 is 1.85 bits per heavy atom. The second kappa shape index (κ2) is 12.8. The van der Waals surface area contributed by atoms with Crippen LogP contribution in [-0.4, -0.2) is 48.5 Å². The van der Waals surface area contributed by atoms with Gasteiger partial charge in [-0.25, -0.2) is 9.07 Å². The molecule has 9 nitrogen and oxygen atoms in total. The quantitative estimate of drug-likeness (QED) is 0.180. The van der Waals surface area contributed by atoms with Crippen molar-refractivity contribution in [2.45, 2.75) is 58.2 Å². The fraction of sp³-hybridized carbons (Fsp3) is 0.324. The summed E-state index contributed by atoms with van der Waals surface area (Å²) in [6.07, 6.45) is 7.15. The summed E-state index contributed by atoms with van der Waals surface area (Å²) in [5.41, 5.74) is 4.44. The van der Waals surface area contributed by atoms with Gasteiger partial charge < -0.3 is 10.6 Å². The van der Waals surface area contributed by atoms with Gasteiger partial charge in [-0.2, -0.15) is 5.26 Å². The third-order valence-electron chi connectivity index (χ3n) is 8.54. The molecule has 12 heteroatoms. The van der Waals surface area contributed by atoms with Gasteiger partial charge in [0.15, 0.2) is 5.82 Å². The second-order valence-corrected chi connectivity index (χ2v) is 13.3. The number of pyridine rings is 2. The summed E-state index contributed by atoms with van der Waals surface area (Å²) in [6.45, 7) is 10.7. The molecular weight excluding hydrogens is 624 g/mol. The first-order chi connectivity index (χ1) is 22.0. The molecule has 1 unspecified atom stereocenters. The zero-order chi connectivity index (χ0) is 32.6. The maximum Gasteiger partial charge on any atom is 0.165 e. The van der Waals surface area contributed by atoms with Crippen LogP contribution < -0.4 is 10.6 Å². The number of piperidine rings is 1. The summed E-state index contributed by atoms with van der Waals surface area (Å²) < 4.78 is 16.9. The molecule has 1 atom stereocenters. The van der Waals surface area contributed by atoms with Crippen molar-refractivity contribution in [3.63, 3.8) is 0 Å². The van der Waals surface area contributed by atoms with Crippen LogP contribution in [0.3, 0.4) is 0 Å². The molecule has 5 aromatic rings. The number of benzene rings is 2. The van der Waals surface area contributed by atoms with Crippen molar-refractivity contribution in [2.75, 3.05) is 23.7 Å². The molecule has 0 amide bonds. The number of likely N-dealkylation sites (tertiary alicyclic amines) is 1. The van der Waals surface area contributed by atoms with E-state index in [1.807, 2.05) is 36.0 Å².